The first-order valence-corrected chi connectivity index (χ1v) is 10.6. The Morgan fingerprint density at radius 1 is 1.07 bits per heavy atom. The van der Waals surface area contributed by atoms with Crippen molar-refractivity contribution in [3.63, 3.8) is 0 Å². The number of carbonyl (C=O) groups excluding carboxylic acids is 2. The Morgan fingerprint density at radius 2 is 1.71 bits per heavy atom. The third kappa shape index (κ3) is 5.48. The molecular formula is C21H27N4O2S+. The van der Waals surface area contributed by atoms with Crippen LogP contribution in [0.15, 0.2) is 48.8 Å². The Labute approximate surface area is 170 Å². The average Bonchev–Trinajstić information content (AvgIpc) is 2.74. The van der Waals surface area contributed by atoms with Crippen LogP contribution >= 0.6 is 11.8 Å². The average molecular weight is 400 g/mol. The van der Waals surface area contributed by atoms with Crippen LogP contribution in [0.4, 0.5) is 11.4 Å². The lowest BCUT2D eigenvalue weighted by Crippen LogP contribution is -2.50. The second-order valence-corrected chi connectivity index (χ2v) is 8.27. The number of H-pyrrole nitrogens is 1. The second-order valence-electron chi connectivity index (χ2n) is 6.94. The van der Waals surface area contributed by atoms with E-state index in [1.54, 1.807) is 0 Å². The number of nitrogens with zero attached hydrogens (tertiary/aromatic N) is 2. The normalized spacial score (nSPS) is 15.2. The fourth-order valence-corrected chi connectivity index (χ4v) is 3.90. The molecule has 0 unspecified atom stereocenters. The zero-order chi connectivity index (χ0) is 19.9. The first-order chi connectivity index (χ1) is 13.5. The standard InChI is InChI=1S/C21H26N4O2S/c1-16-3-5-18(6-4-16)23-20(26)15-28-17(2)21(27)25-13-11-24(12-14-25)19-7-9-22-10-8-19/h3-10,17H,11-15H2,1-2H3,(H,23,26)/p+1/t17-/m0/s1. The Bertz CT molecular complexity index is 790. The predicted molar refractivity (Wildman–Crippen MR) is 114 cm³/mol. The van der Waals surface area contributed by atoms with Crippen molar-refractivity contribution in [3.8, 4) is 0 Å². The van der Waals surface area contributed by atoms with Crippen molar-refractivity contribution in [1.29, 1.82) is 0 Å². The summed E-state index contributed by atoms with van der Waals surface area (Å²) in [4.78, 5) is 32.0. The van der Waals surface area contributed by atoms with Gasteiger partial charge in [-0.25, -0.2) is 4.98 Å². The van der Waals surface area contributed by atoms with E-state index in [2.05, 4.69) is 15.2 Å². The van der Waals surface area contributed by atoms with E-state index in [0.717, 1.165) is 24.3 Å². The van der Waals surface area contributed by atoms with Crippen LogP contribution in [0, 0.1) is 6.92 Å². The van der Waals surface area contributed by atoms with Crippen LogP contribution < -0.4 is 15.2 Å². The summed E-state index contributed by atoms with van der Waals surface area (Å²) < 4.78 is 0. The maximum Gasteiger partial charge on any atom is 0.235 e. The number of anilines is 2. The molecule has 7 heteroatoms. The van der Waals surface area contributed by atoms with E-state index in [4.69, 9.17) is 0 Å². The monoisotopic (exact) mass is 399 g/mol. The van der Waals surface area contributed by atoms with E-state index in [1.165, 1.54) is 17.4 Å². The van der Waals surface area contributed by atoms with E-state index in [1.807, 2.05) is 67.5 Å². The van der Waals surface area contributed by atoms with E-state index >= 15 is 0 Å². The number of piperazine rings is 1. The summed E-state index contributed by atoms with van der Waals surface area (Å²) in [5.74, 6) is 0.287. The molecule has 0 radical (unpaired) electrons. The van der Waals surface area contributed by atoms with Gasteiger partial charge in [0.2, 0.25) is 11.8 Å². The molecule has 6 nitrogen and oxygen atoms in total. The molecule has 0 saturated carbocycles. The molecule has 0 aliphatic carbocycles. The zero-order valence-electron chi connectivity index (χ0n) is 16.4. The second kappa shape index (κ2) is 9.59. The van der Waals surface area contributed by atoms with Crippen molar-refractivity contribution in [1.82, 2.24) is 4.90 Å². The van der Waals surface area contributed by atoms with Crippen molar-refractivity contribution >= 4 is 35.0 Å². The largest absolute Gasteiger partial charge is 0.368 e. The third-order valence-corrected chi connectivity index (χ3v) is 5.94. The smallest absolute Gasteiger partial charge is 0.235 e. The Balaban J connectivity index is 1.42. The van der Waals surface area contributed by atoms with Gasteiger partial charge in [0, 0.05) is 49.7 Å². The van der Waals surface area contributed by atoms with Gasteiger partial charge in [0.25, 0.3) is 0 Å². The molecule has 148 valence electrons. The molecule has 3 rings (SSSR count). The molecule has 28 heavy (non-hydrogen) atoms. The van der Waals surface area contributed by atoms with Crippen molar-refractivity contribution in [2.24, 2.45) is 0 Å². The van der Waals surface area contributed by atoms with Crippen LogP contribution in [0.5, 0.6) is 0 Å². The Kier molecular flexibility index (Phi) is 6.92. The van der Waals surface area contributed by atoms with Crippen LogP contribution in [0.3, 0.4) is 0 Å². The summed E-state index contributed by atoms with van der Waals surface area (Å²) in [5.41, 5.74) is 3.10. The fourth-order valence-electron chi connectivity index (χ4n) is 3.14. The van der Waals surface area contributed by atoms with Crippen molar-refractivity contribution in [3.05, 3.63) is 54.4 Å². The van der Waals surface area contributed by atoms with Crippen molar-refractivity contribution in [2.75, 3.05) is 42.1 Å². The van der Waals surface area contributed by atoms with Crippen LogP contribution in [0.25, 0.3) is 0 Å². The number of aryl methyl sites for hydroxylation is 1. The molecule has 1 aliphatic heterocycles. The SMILES string of the molecule is Cc1ccc(NC(=O)CS[C@@H](C)C(=O)N2CCN(c3cc[nH+]cc3)CC2)cc1. The summed E-state index contributed by atoms with van der Waals surface area (Å²) in [6, 6.07) is 11.8. The molecule has 1 aromatic heterocycles. The Hall–Kier alpha value is -2.54. The lowest BCUT2D eigenvalue weighted by atomic mass is 10.2. The van der Waals surface area contributed by atoms with Gasteiger partial charge in [-0.3, -0.25) is 9.59 Å². The summed E-state index contributed by atoms with van der Waals surface area (Å²) in [7, 11) is 0. The highest BCUT2D eigenvalue weighted by Crippen LogP contribution is 2.18. The Morgan fingerprint density at radius 3 is 2.36 bits per heavy atom. The van der Waals surface area contributed by atoms with Gasteiger partial charge in [-0.1, -0.05) is 17.7 Å². The molecule has 1 aliphatic rings. The van der Waals surface area contributed by atoms with Gasteiger partial charge in [0.15, 0.2) is 12.4 Å². The van der Waals surface area contributed by atoms with E-state index < -0.39 is 0 Å². The molecule has 1 saturated heterocycles. The molecule has 2 heterocycles. The summed E-state index contributed by atoms with van der Waals surface area (Å²) >= 11 is 1.38. The molecule has 0 bridgehead atoms. The van der Waals surface area contributed by atoms with Crippen LogP contribution in [0.1, 0.15) is 12.5 Å². The number of nitrogens with one attached hydrogen (secondary N) is 2. The van der Waals surface area contributed by atoms with Crippen LogP contribution in [-0.2, 0) is 9.59 Å². The topological polar surface area (TPSA) is 66.8 Å². The molecule has 1 atom stereocenters. The number of amides is 2. The van der Waals surface area contributed by atoms with Gasteiger partial charge in [-0.15, -0.1) is 11.8 Å². The van der Waals surface area contributed by atoms with E-state index in [0.29, 0.717) is 13.1 Å². The number of aromatic amines is 1. The number of thioether (sulfide) groups is 1. The molecule has 1 aromatic carbocycles. The number of carbonyl (C=O) groups is 2. The summed E-state index contributed by atoms with van der Waals surface area (Å²) in [6.45, 7) is 6.94. The molecule has 1 fully saturated rings. The molecule has 2 amide bonds. The van der Waals surface area contributed by atoms with Crippen molar-refractivity contribution in [2.45, 2.75) is 19.1 Å². The van der Waals surface area contributed by atoms with E-state index in [9.17, 15) is 9.59 Å². The molecule has 2 N–H and O–H groups in total. The van der Waals surface area contributed by atoms with Gasteiger partial charge < -0.3 is 15.1 Å². The highest BCUT2D eigenvalue weighted by molar-refractivity contribution is 8.01. The third-order valence-electron chi connectivity index (χ3n) is 4.80. The minimum absolute atomic E-state index is 0.0841. The maximum absolute atomic E-state index is 12.7. The minimum atomic E-state index is -0.235. The first kappa shape index (κ1) is 20.2. The zero-order valence-corrected chi connectivity index (χ0v) is 17.2. The number of benzene rings is 1. The molecular weight excluding hydrogens is 372 g/mol. The quantitative estimate of drug-likeness (QED) is 0.809. The molecule has 2 aromatic rings. The van der Waals surface area contributed by atoms with Crippen molar-refractivity contribution < 1.29 is 14.6 Å². The highest BCUT2D eigenvalue weighted by Gasteiger charge is 2.25. The lowest BCUT2D eigenvalue weighted by molar-refractivity contribution is -0.377. The number of rotatable bonds is 6. The maximum atomic E-state index is 12.7. The predicted octanol–water partition coefficient (Wildman–Crippen LogP) is 2.22. The lowest BCUT2D eigenvalue weighted by Gasteiger charge is -2.36. The fraction of sp³-hybridized carbons (Fsp3) is 0.381. The number of hydrogen-bond acceptors (Lipinski definition) is 4. The molecule has 0 spiro atoms. The van der Waals surface area contributed by atoms with Gasteiger partial charge in [0.05, 0.1) is 11.0 Å². The highest BCUT2D eigenvalue weighted by atomic mass is 32.2. The number of aromatic nitrogens is 1. The van der Waals surface area contributed by atoms with Gasteiger partial charge in [0.1, 0.15) is 0 Å². The van der Waals surface area contributed by atoms with Gasteiger partial charge >= 0.3 is 0 Å². The van der Waals surface area contributed by atoms with Crippen LogP contribution in [0.2, 0.25) is 0 Å². The summed E-state index contributed by atoms with van der Waals surface area (Å²) in [6.07, 6.45) is 3.82. The minimum Gasteiger partial charge on any atom is -0.368 e. The van der Waals surface area contributed by atoms with E-state index in [-0.39, 0.29) is 22.8 Å². The number of pyridine rings is 1. The number of hydrogen-bond donors (Lipinski definition) is 1. The first-order valence-electron chi connectivity index (χ1n) is 9.51. The van der Waals surface area contributed by atoms with Crippen LogP contribution in [-0.4, -0.2) is 53.9 Å². The van der Waals surface area contributed by atoms with Gasteiger partial charge in [-0.2, -0.15) is 0 Å². The summed E-state index contributed by atoms with van der Waals surface area (Å²) in [5, 5.41) is 2.64. The van der Waals surface area contributed by atoms with Gasteiger partial charge in [-0.05, 0) is 26.0 Å².